The summed E-state index contributed by atoms with van der Waals surface area (Å²) in [5.41, 5.74) is 8.13. The molecule has 0 atom stereocenters. The molecular formula is C14H18N2O. The number of nitrogens with one attached hydrogen (secondary N) is 1. The molecule has 3 N–H and O–H groups in total. The number of carbonyl (C=O) groups is 1. The molecule has 90 valence electrons. The van der Waals surface area contributed by atoms with E-state index in [1.807, 2.05) is 32.0 Å². The van der Waals surface area contributed by atoms with Gasteiger partial charge in [0.15, 0.2) is 0 Å². The molecule has 0 unspecified atom stereocenters. The lowest BCUT2D eigenvalue weighted by Gasteiger charge is -2.06. The van der Waals surface area contributed by atoms with Crippen LogP contribution in [0.4, 0.5) is 5.69 Å². The highest BCUT2D eigenvalue weighted by Crippen LogP contribution is 2.14. The smallest absolute Gasteiger partial charge is 0.224 e. The van der Waals surface area contributed by atoms with Gasteiger partial charge < -0.3 is 11.1 Å². The Balaban J connectivity index is 2.78. The predicted molar refractivity (Wildman–Crippen MR) is 70.6 cm³/mol. The van der Waals surface area contributed by atoms with Crippen LogP contribution in [-0.2, 0) is 4.79 Å². The number of rotatable bonds is 3. The molecule has 17 heavy (non-hydrogen) atoms. The van der Waals surface area contributed by atoms with E-state index in [4.69, 9.17) is 5.73 Å². The van der Waals surface area contributed by atoms with Gasteiger partial charge in [-0.2, -0.15) is 0 Å². The van der Waals surface area contributed by atoms with E-state index in [0.29, 0.717) is 13.0 Å². The number of hydrogen-bond donors (Lipinski definition) is 2. The van der Waals surface area contributed by atoms with Crippen LogP contribution in [0, 0.1) is 18.8 Å². The van der Waals surface area contributed by atoms with Crippen LogP contribution in [0.3, 0.4) is 0 Å². The molecule has 3 nitrogen and oxygen atoms in total. The lowest BCUT2D eigenvalue weighted by molar-refractivity contribution is -0.116. The molecule has 0 saturated carbocycles. The number of carbonyl (C=O) groups excluding carboxylic acids is 1. The van der Waals surface area contributed by atoms with Crippen LogP contribution in [0.15, 0.2) is 18.2 Å². The number of amides is 1. The van der Waals surface area contributed by atoms with Gasteiger partial charge in [-0.15, -0.1) is 0 Å². The zero-order chi connectivity index (χ0) is 12.7. The summed E-state index contributed by atoms with van der Waals surface area (Å²) in [4.78, 5) is 11.4. The molecule has 3 heteroatoms. The van der Waals surface area contributed by atoms with Gasteiger partial charge in [-0.25, -0.2) is 0 Å². The van der Waals surface area contributed by atoms with E-state index >= 15 is 0 Å². The van der Waals surface area contributed by atoms with E-state index in [0.717, 1.165) is 23.2 Å². The second-order valence-corrected chi connectivity index (χ2v) is 3.83. The number of nitrogens with two attached hydrogens (primary N) is 1. The average Bonchev–Trinajstić information content (AvgIpc) is 2.28. The van der Waals surface area contributed by atoms with Gasteiger partial charge in [-0.3, -0.25) is 4.79 Å². The third-order valence-corrected chi connectivity index (χ3v) is 2.31. The van der Waals surface area contributed by atoms with Crippen molar-refractivity contribution in [1.82, 2.24) is 0 Å². The second-order valence-electron chi connectivity index (χ2n) is 3.83. The summed E-state index contributed by atoms with van der Waals surface area (Å²) in [5.74, 6) is 5.86. The summed E-state index contributed by atoms with van der Waals surface area (Å²) in [5, 5.41) is 2.86. The first-order chi connectivity index (χ1) is 8.17. The zero-order valence-corrected chi connectivity index (χ0v) is 10.3. The Morgan fingerprint density at radius 2 is 2.24 bits per heavy atom. The predicted octanol–water partition coefficient (Wildman–Crippen LogP) is 2.04. The molecule has 0 fully saturated rings. The maximum atomic E-state index is 11.4. The van der Waals surface area contributed by atoms with Crippen LogP contribution in [0.1, 0.15) is 30.9 Å². The molecule has 1 rings (SSSR count). The summed E-state index contributed by atoms with van der Waals surface area (Å²) in [7, 11) is 0. The fourth-order valence-corrected chi connectivity index (χ4v) is 1.48. The maximum Gasteiger partial charge on any atom is 0.224 e. The van der Waals surface area contributed by atoms with E-state index in [9.17, 15) is 4.79 Å². The summed E-state index contributed by atoms with van der Waals surface area (Å²) >= 11 is 0. The Morgan fingerprint density at radius 3 is 2.82 bits per heavy atom. The van der Waals surface area contributed by atoms with Crippen molar-refractivity contribution in [2.45, 2.75) is 26.7 Å². The minimum absolute atomic E-state index is 0.0488. The SMILES string of the molecule is CCCC(=O)Nc1ccc(C#CCN)c(C)c1. The normalized spacial score (nSPS) is 9.35. The van der Waals surface area contributed by atoms with Gasteiger partial charge in [0, 0.05) is 17.7 Å². The third-order valence-electron chi connectivity index (χ3n) is 2.31. The zero-order valence-electron chi connectivity index (χ0n) is 10.3. The Morgan fingerprint density at radius 1 is 1.47 bits per heavy atom. The molecule has 1 aromatic rings. The summed E-state index contributed by atoms with van der Waals surface area (Å²) in [6.07, 6.45) is 1.40. The fraction of sp³-hybridized carbons (Fsp3) is 0.357. The van der Waals surface area contributed by atoms with Crippen molar-refractivity contribution in [2.75, 3.05) is 11.9 Å². The Kier molecular flexibility index (Phi) is 5.25. The van der Waals surface area contributed by atoms with E-state index in [-0.39, 0.29) is 5.91 Å². The van der Waals surface area contributed by atoms with Crippen molar-refractivity contribution in [3.8, 4) is 11.8 Å². The molecular weight excluding hydrogens is 212 g/mol. The molecule has 0 radical (unpaired) electrons. The van der Waals surface area contributed by atoms with Crippen LogP contribution in [0.2, 0.25) is 0 Å². The van der Waals surface area contributed by atoms with Crippen molar-refractivity contribution in [1.29, 1.82) is 0 Å². The second kappa shape index (κ2) is 6.72. The van der Waals surface area contributed by atoms with Gasteiger partial charge in [-0.05, 0) is 37.1 Å². The van der Waals surface area contributed by atoms with Crippen LogP contribution in [0.25, 0.3) is 0 Å². The molecule has 0 heterocycles. The minimum atomic E-state index is 0.0488. The first-order valence-electron chi connectivity index (χ1n) is 5.76. The number of aryl methyl sites for hydroxylation is 1. The molecule has 0 saturated heterocycles. The van der Waals surface area contributed by atoms with Crippen molar-refractivity contribution >= 4 is 11.6 Å². The third kappa shape index (κ3) is 4.29. The van der Waals surface area contributed by atoms with Crippen LogP contribution in [0.5, 0.6) is 0 Å². The molecule has 0 aliphatic rings. The highest BCUT2D eigenvalue weighted by atomic mass is 16.1. The van der Waals surface area contributed by atoms with E-state index < -0.39 is 0 Å². The van der Waals surface area contributed by atoms with Crippen molar-refractivity contribution in [2.24, 2.45) is 5.73 Å². The lowest BCUT2D eigenvalue weighted by Crippen LogP contribution is -2.10. The number of hydrogen-bond acceptors (Lipinski definition) is 2. The van der Waals surface area contributed by atoms with Crippen LogP contribution >= 0.6 is 0 Å². The van der Waals surface area contributed by atoms with Gasteiger partial charge in [0.1, 0.15) is 0 Å². The molecule has 0 aliphatic carbocycles. The quantitative estimate of drug-likeness (QED) is 0.781. The average molecular weight is 230 g/mol. The van der Waals surface area contributed by atoms with Crippen molar-refractivity contribution in [3.05, 3.63) is 29.3 Å². The molecule has 0 bridgehead atoms. The van der Waals surface area contributed by atoms with Crippen molar-refractivity contribution in [3.63, 3.8) is 0 Å². The molecule has 1 amide bonds. The topological polar surface area (TPSA) is 55.1 Å². The summed E-state index contributed by atoms with van der Waals surface area (Å²) < 4.78 is 0. The highest BCUT2D eigenvalue weighted by molar-refractivity contribution is 5.90. The molecule has 0 spiro atoms. The van der Waals surface area contributed by atoms with Gasteiger partial charge in [-0.1, -0.05) is 18.8 Å². The molecule has 0 aliphatic heterocycles. The monoisotopic (exact) mass is 230 g/mol. The van der Waals surface area contributed by atoms with E-state index in [1.54, 1.807) is 0 Å². The number of benzene rings is 1. The van der Waals surface area contributed by atoms with Crippen molar-refractivity contribution < 1.29 is 4.79 Å². The highest BCUT2D eigenvalue weighted by Gasteiger charge is 2.02. The summed E-state index contributed by atoms with van der Waals surface area (Å²) in [6, 6.07) is 5.69. The van der Waals surface area contributed by atoms with Crippen LogP contribution < -0.4 is 11.1 Å². The van der Waals surface area contributed by atoms with Gasteiger partial charge >= 0.3 is 0 Å². The minimum Gasteiger partial charge on any atom is -0.326 e. The Labute approximate surface area is 102 Å². The van der Waals surface area contributed by atoms with Crippen LogP contribution in [-0.4, -0.2) is 12.5 Å². The fourth-order valence-electron chi connectivity index (χ4n) is 1.48. The summed E-state index contributed by atoms with van der Waals surface area (Å²) in [6.45, 7) is 4.31. The lowest BCUT2D eigenvalue weighted by atomic mass is 10.1. The number of anilines is 1. The van der Waals surface area contributed by atoms with Gasteiger partial charge in [0.05, 0.1) is 6.54 Å². The first kappa shape index (κ1) is 13.3. The standard InChI is InChI=1S/C14H18N2O/c1-3-5-14(17)16-13-8-7-12(6-4-9-15)11(2)10-13/h7-8,10H,3,5,9,15H2,1-2H3,(H,16,17). The molecule has 1 aromatic carbocycles. The maximum absolute atomic E-state index is 11.4. The largest absolute Gasteiger partial charge is 0.326 e. The molecule has 0 aromatic heterocycles. The van der Waals surface area contributed by atoms with Gasteiger partial charge in [0.2, 0.25) is 5.91 Å². The van der Waals surface area contributed by atoms with E-state index in [2.05, 4.69) is 17.2 Å². The Bertz CT molecular complexity index is 455. The first-order valence-corrected chi connectivity index (χ1v) is 5.76. The Hall–Kier alpha value is -1.79. The van der Waals surface area contributed by atoms with Gasteiger partial charge in [0.25, 0.3) is 0 Å². The van der Waals surface area contributed by atoms with E-state index in [1.165, 1.54) is 0 Å².